The molecular weight excluding hydrogens is 683 g/mol. The summed E-state index contributed by atoms with van der Waals surface area (Å²) in [5, 5.41) is 14.8. The maximum Gasteiger partial charge on any atom is 0.243 e. The molecule has 2 aromatic carbocycles. The number of hydrogen-bond donors (Lipinski definition) is 7. The number of H-pyrrole nitrogens is 1. The van der Waals surface area contributed by atoms with Crippen LogP contribution in [0.5, 0.6) is 0 Å². The monoisotopic (exact) mass is 724 g/mol. The zero-order chi connectivity index (χ0) is 34.8. The molecule has 1 aliphatic heterocycles. The van der Waals surface area contributed by atoms with Gasteiger partial charge in [-0.3, -0.25) is 14.4 Å². The second-order valence-electron chi connectivity index (χ2n) is 12.0. The zero-order valence-corrected chi connectivity index (χ0v) is 29.4. The maximum atomic E-state index is 14.0. The van der Waals surface area contributed by atoms with E-state index in [1.807, 2.05) is 42.6 Å². The summed E-state index contributed by atoms with van der Waals surface area (Å²) in [5.74, 6) is -1.21. The predicted molar refractivity (Wildman–Crippen MR) is 194 cm³/mol. The van der Waals surface area contributed by atoms with Crippen molar-refractivity contribution < 1.29 is 14.4 Å². The quantitative estimate of drug-likeness (QED) is 0.126. The second kappa shape index (κ2) is 17.8. The number of benzene rings is 2. The van der Waals surface area contributed by atoms with Crippen LogP contribution in [0.1, 0.15) is 48.8 Å². The van der Waals surface area contributed by atoms with Gasteiger partial charge in [-0.1, -0.05) is 59.2 Å². The van der Waals surface area contributed by atoms with Crippen LogP contribution < -0.4 is 32.7 Å². The van der Waals surface area contributed by atoms with E-state index in [1.54, 1.807) is 18.3 Å². The summed E-state index contributed by atoms with van der Waals surface area (Å²) in [6, 6.07) is 12.4. The van der Waals surface area contributed by atoms with Crippen LogP contribution in [0.4, 0.5) is 0 Å². The van der Waals surface area contributed by atoms with Crippen LogP contribution in [0.3, 0.4) is 0 Å². The van der Waals surface area contributed by atoms with Crippen LogP contribution in [0.2, 0.25) is 10.0 Å². The van der Waals surface area contributed by atoms with E-state index in [9.17, 15) is 14.4 Å². The number of carbonyl (C=O) groups excluding carboxylic acids is 3. The van der Waals surface area contributed by atoms with E-state index in [2.05, 4.69) is 31.2 Å². The zero-order valence-electron chi connectivity index (χ0n) is 27.1. The number of nitrogens with one attached hydrogen (secondary N) is 5. The molecule has 1 aliphatic rings. The molecule has 9 N–H and O–H groups in total. The van der Waals surface area contributed by atoms with E-state index in [-0.39, 0.29) is 18.9 Å². The molecule has 2 aromatic heterocycles. The van der Waals surface area contributed by atoms with Crippen LogP contribution in [0.15, 0.2) is 70.8 Å². The first-order valence-electron chi connectivity index (χ1n) is 16.4. The van der Waals surface area contributed by atoms with Gasteiger partial charge >= 0.3 is 0 Å². The summed E-state index contributed by atoms with van der Waals surface area (Å²) in [4.78, 5) is 50.3. The van der Waals surface area contributed by atoms with Crippen molar-refractivity contribution in [3.8, 4) is 0 Å². The van der Waals surface area contributed by atoms with Gasteiger partial charge in [0.05, 0.1) is 11.1 Å². The highest BCUT2D eigenvalue weighted by atomic mass is 35.5. The third-order valence-corrected chi connectivity index (χ3v) is 10.5. The first kappa shape index (κ1) is 36.6. The van der Waals surface area contributed by atoms with Crippen molar-refractivity contribution in [1.29, 1.82) is 0 Å². The molecule has 0 unspecified atom stereocenters. The summed E-state index contributed by atoms with van der Waals surface area (Å²) in [7, 11) is 0. The van der Waals surface area contributed by atoms with E-state index in [1.165, 1.54) is 11.8 Å². The summed E-state index contributed by atoms with van der Waals surface area (Å²) in [5.41, 5.74) is 14.8. The molecule has 4 aromatic rings. The highest BCUT2D eigenvalue weighted by molar-refractivity contribution is 7.99. The molecule has 0 bridgehead atoms. The predicted octanol–water partition coefficient (Wildman–Crippen LogP) is 4.19. The molecule has 0 spiro atoms. The number of rotatable bonds is 9. The number of hydrogen-bond acceptors (Lipinski definition) is 8. The maximum absolute atomic E-state index is 14.0. The summed E-state index contributed by atoms with van der Waals surface area (Å²) >= 11 is 14.8. The number of nitrogens with two attached hydrogens (primary N) is 2. The number of aromatic amines is 1. The number of para-hydroxylation sites is 1. The third kappa shape index (κ3) is 9.53. The molecule has 3 amide bonds. The van der Waals surface area contributed by atoms with E-state index in [4.69, 9.17) is 34.7 Å². The molecule has 49 heavy (non-hydrogen) atoms. The number of unbranched alkanes of at least 4 members (excludes halogenated alkanes) is 1. The van der Waals surface area contributed by atoms with E-state index < -0.39 is 29.9 Å². The molecule has 5 rings (SSSR count). The smallest absolute Gasteiger partial charge is 0.243 e. The topological polar surface area (TPSA) is 180 Å². The van der Waals surface area contributed by atoms with Crippen LogP contribution in [0, 0.1) is 0 Å². The number of pyridine rings is 1. The number of amides is 3. The van der Waals surface area contributed by atoms with Gasteiger partial charge < -0.3 is 37.7 Å². The Morgan fingerprint density at radius 2 is 1.53 bits per heavy atom. The molecule has 0 aliphatic carbocycles. The van der Waals surface area contributed by atoms with Gasteiger partial charge in [-0.25, -0.2) is 4.98 Å². The van der Waals surface area contributed by atoms with E-state index in [0.29, 0.717) is 77.3 Å². The number of aromatic nitrogens is 2. The number of halogens is 2. The fraction of sp³-hybridized carbons (Fsp3) is 0.371. The number of carbonyl (C=O) groups is 3. The van der Waals surface area contributed by atoms with Crippen LogP contribution in [0.25, 0.3) is 10.9 Å². The lowest BCUT2D eigenvalue weighted by Crippen LogP contribution is -2.56. The van der Waals surface area contributed by atoms with Crippen molar-refractivity contribution in [1.82, 2.24) is 31.2 Å². The average molecular weight is 726 g/mol. The van der Waals surface area contributed by atoms with Crippen molar-refractivity contribution in [2.75, 3.05) is 13.1 Å². The summed E-state index contributed by atoms with van der Waals surface area (Å²) in [6.07, 6.45) is 6.42. The Balaban J connectivity index is 1.54. The second-order valence-corrected chi connectivity index (χ2v) is 13.8. The molecule has 3 atom stereocenters. The molecule has 3 heterocycles. The lowest BCUT2D eigenvalue weighted by molar-refractivity contribution is -0.132. The van der Waals surface area contributed by atoms with Crippen molar-refractivity contribution in [3.05, 3.63) is 87.7 Å². The Labute approximate surface area is 300 Å². The van der Waals surface area contributed by atoms with Crippen LogP contribution >= 0.6 is 35.0 Å². The largest absolute Gasteiger partial charge is 0.361 e. The molecule has 0 fully saturated rings. The van der Waals surface area contributed by atoms with E-state index in [0.717, 1.165) is 22.0 Å². The molecule has 0 saturated carbocycles. The van der Waals surface area contributed by atoms with E-state index >= 15 is 0 Å². The molecule has 260 valence electrons. The normalized spacial score (nSPS) is 19.3. The lowest BCUT2D eigenvalue weighted by atomic mass is 10.0. The lowest BCUT2D eigenvalue weighted by Gasteiger charge is -2.25. The Morgan fingerprint density at radius 3 is 2.35 bits per heavy atom. The van der Waals surface area contributed by atoms with Gasteiger partial charge in [0.1, 0.15) is 17.1 Å². The molecule has 0 saturated heterocycles. The first-order valence-corrected chi connectivity index (χ1v) is 18.0. The van der Waals surface area contributed by atoms with Crippen molar-refractivity contribution >= 4 is 63.6 Å². The number of nitrogens with zero attached hydrogens (tertiary/aromatic N) is 1. The van der Waals surface area contributed by atoms with Gasteiger partial charge in [-0.05, 0) is 80.6 Å². The van der Waals surface area contributed by atoms with Gasteiger partial charge in [0.25, 0.3) is 0 Å². The van der Waals surface area contributed by atoms with Gasteiger partial charge in [-0.15, -0.1) is 0 Å². The number of fused-ring (bicyclic) bond motifs is 3. The van der Waals surface area contributed by atoms with Gasteiger partial charge in [0.15, 0.2) is 0 Å². The molecule has 14 heteroatoms. The van der Waals surface area contributed by atoms with Gasteiger partial charge in [0.2, 0.25) is 17.7 Å². The highest BCUT2D eigenvalue weighted by Gasteiger charge is 2.30. The molecular formula is C35H42Cl2N8O3S. The fourth-order valence-electron chi connectivity index (χ4n) is 5.81. The van der Waals surface area contributed by atoms with Crippen molar-refractivity contribution in [2.45, 2.75) is 79.7 Å². The average Bonchev–Trinajstić information content (AvgIpc) is 3.51. The SMILES string of the molecule is NCCCC[C@@H]1NC(=O)[C@H](CCCN)NCc2cccnc2Sc2c(Cl)ccc(Cl)c2CNC(=O)[C@H](Cc2c[nH]c3ccccc23)NC1=O. The minimum Gasteiger partial charge on any atom is -0.361 e. The fourth-order valence-corrected chi connectivity index (χ4v) is 7.44. The Kier molecular flexibility index (Phi) is 13.3. The Bertz CT molecular complexity index is 1770. The minimum absolute atomic E-state index is 0.0546. The standard InChI is InChI=1S/C35H42Cl2N8O3S/c36-25-12-13-26(37)31-24(25)20-43-32(46)30(17-22-19-41-27-9-2-1-8-23(22)27)45-34(48)29(10-3-4-14-38)44-33(47)28(11-5-15-39)42-18-21-7-6-16-40-35(21)49-31/h1-2,6-9,12-13,16,19,28-30,41-42H,3-5,10-11,14-15,17-18,20,38-39H2,(H,43,46)(H,44,47)(H,45,48)/t28-,29-,30-/m0/s1. The minimum atomic E-state index is -0.973. The van der Waals surface area contributed by atoms with Gasteiger partial charge in [0, 0.05) is 58.3 Å². The molecule has 11 nitrogen and oxygen atoms in total. The molecule has 0 radical (unpaired) electrons. The summed E-state index contributed by atoms with van der Waals surface area (Å²) < 4.78 is 0. The van der Waals surface area contributed by atoms with Crippen molar-refractivity contribution in [2.24, 2.45) is 11.5 Å². The van der Waals surface area contributed by atoms with Gasteiger partial charge in [-0.2, -0.15) is 0 Å². The third-order valence-electron chi connectivity index (χ3n) is 8.51. The van der Waals surface area contributed by atoms with Crippen LogP contribution in [-0.2, 0) is 33.9 Å². The highest BCUT2D eigenvalue weighted by Crippen LogP contribution is 2.39. The Hall–Kier alpha value is -3.65. The van der Waals surface area contributed by atoms with Crippen molar-refractivity contribution in [3.63, 3.8) is 0 Å². The van der Waals surface area contributed by atoms with Crippen LogP contribution in [-0.4, -0.2) is 58.9 Å². The summed E-state index contributed by atoms with van der Waals surface area (Å²) in [6.45, 7) is 1.23. The Morgan fingerprint density at radius 1 is 0.796 bits per heavy atom. The first-order chi connectivity index (χ1) is 23.8.